The fraction of sp³-hybridized carbons (Fsp3) is 0.310. The van der Waals surface area contributed by atoms with Gasteiger partial charge in [0.2, 0.25) is 11.8 Å². The average molecular weight is 544 g/mol. The van der Waals surface area contributed by atoms with Crippen LogP contribution in [0.25, 0.3) is 11.1 Å². The van der Waals surface area contributed by atoms with E-state index >= 15 is 0 Å². The van der Waals surface area contributed by atoms with Crippen LogP contribution in [0.5, 0.6) is 5.75 Å². The van der Waals surface area contributed by atoms with E-state index < -0.39 is 12.2 Å². The lowest BCUT2D eigenvalue weighted by molar-refractivity contribution is -0.274. The van der Waals surface area contributed by atoms with Gasteiger partial charge < -0.3 is 20.3 Å². The van der Waals surface area contributed by atoms with Crippen molar-refractivity contribution in [2.45, 2.75) is 38.2 Å². The first-order valence-corrected chi connectivity index (χ1v) is 12.5. The van der Waals surface area contributed by atoms with Crippen molar-refractivity contribution >= 4 is 11.8 Å². The zero-order valence-corrected chi connectivity index (χ0v) is 21.3. The van der Waals surface area contributed by atoms with Crippen molar-refractivity contribution in [3.05, 3.63) is 89.7 Å². The molecule has 206 valence electrons. The molecule has 39 heavy (non-hydrogen) atoms. The molecule has 3 aromatic carbocycles. The van der Waals surface area contributed by atoms with Crippen molar-refractivity contribution in [2.75, 3.05) is 19.6 Å². The second-order valence-electron chi connectivity index (χ2n) is 9.42. The molecule has 0 bridgehead atoms. The smallest absolute Gasteiger partial charge is 0.405 e. The topological polar surface area (TPSA) is 70.7 Å². The number of piperidine rings is 1. The van der Waals surface area contributed by atoms with E-state index in [1.807, 2.05) is 30.3 Å². The van der Waals surface area contributed by atoms with Crippen molar-refractivity contribution in [2.24, 2.45) is 0 Å². The van der Waals surface area contributed by atoms with E-state index in [-0.39, 0.29) is 42.6 Å². The van der Waals surface area contributed by atoms with Gasteiger partial charge in [0.1, 0.15) is 11.6 Å². The highest BCUT2D eigenvalue weighted by Gasteiger charge is 2.34. The Hall–Kier alpha value is -3.92. The highest BCUT2D eigenvalue weighted by molar-refractivity contribution is 5.83. The first kappa shape index (κ1) is 28.1. The van der Waals surface area contributed by atoms with Crippen LogP contribution < -0.4 is 15.4 Å². The van der Waals surface area contributed by atoms with Gasteiger partial charge in [-0.05, 0) is 47.4 Å². The Morgan fingerprint density at radius 2 is 1.69 bits per heavy atom. The molecule has 1 heterocycles. The maximum absolute atomic E-state index is 13.4. The summed E-state index contributed by atoms with van der Waals surface area (Å²) >= 11 is 0. The Bertz CT molecular complexity index is 1280. The number of halogens is 4. The van der Waals surface area contributed by atoms with Crippen LogP contribution in [-0.4, -0.2) is 48.8 Å². The Morgan fingerprint density at radius 1 is 1.00 bits per heavy atom. The van der Waals surface area contributed by atoms with Crippen molar-refractivity contribution in [1.29, 1.82) is 0 Å². The van der Waals surface area contributed by atoms with Gasteiger partial charge in [-0.3, -0.25) is 9.59 Å². The molecule has 0 saturated carbocycles. The van der Waals surface area contributed by atoms with Crippen molar-refractivity contribution in [1.82, 2.24) is 15.5 Å². The predicted octanol–water partition coefficient (Wildman–Crippen LogP) is 5.00. The second-order valence-corrected chi connectivity index (χ2v) is 9.42. The second kappa shape index (κ2) is 12.3. The van der Waals surface area contributed by atoms with E-state index in [1.54, 1.807) is 23.1 Å². The summed E-state index contributed by atoms with van der Waals surface area (Å²) in [4.78, 5) is 25.6. The summed E-state index contributed by atoms with van der Waals surface area (Å²) < 4.78 is 57.1. The highest BCUT2D eigenvalue weighted by atomic mass is 19.4. The monoisotopic (exact) mass is 543 g/mol. The molecule has 4 rings (SSSR count). The SMILES string of the molecule is CC(=O)NCC(=O)N1CCC(NCc2cc(-c3ccc(F)cc3)ccc2OC(F)(F)F)C(c2ccccc2)C1. The number of likely N-dealkylation sites (tertiary alicyclic amines) is 1. The van der Waals surface area contributed by atoms with E-state index in [1.165, 1.54) is 31.2 Å². The third-order valence-electron chi connectivity index (χ3n) is 6.70. The summed E-state index contributed by atoms with van der Waals surface area (Å²) in [6, 6.07) is 19.5. The molecule has 6 nitrogen and oxygen atoms in total. The molecule has 1 aliphatic heterocycles. The quantitative estimate of drug-likeness (QED) is 0.393. The van der Waals surface area contributed by atoms with Gasteiger partial charge in [0.25, 0.3) is 0 Å². The lowest BCUT2D eigenvalue weighted by Gasteiger charge is -2.39. The minimum Gasteiger partial charge on any atom is -0.405 e. The van der Waals surface area contributed by atoms with E-state index in [9.17, 15) is 27.2 Å². The lowest BCUT2D eigenvalue weighted by atomic mass is 9.85. The first-order chi connectivity index (χ1) is 18.6. The lowest BCUT2D eigenvalue weighted by Crippen LogP contribution is -2.51. The minimum absolute atomic E-state index is 0.0777. The number of carbonyl (C=O) groups excluding carboxylic acids is 2. The van der Waals surface area contributed by atoms with Crippen LogP contribution in [0, 0.1) is 5.82 Å². The van der Waals surface area contributed by atoms with Crippen molar-refractivity contribution in [3.63, 3.8) is 0 Å². The standard InChI is InChI=1S/C29H29F4N3O3/c1-19(37)34-17-28(38)36-14-13-26(25(18-36)21-5-3-2-4-6-21)35-16-23-15-22(20-7-10-24(30)11-8-20)9-12-27(23)39-29(31,32)33/h2-12,15,25-26,35H,13-14,16-18H2,1H3,(H,34,37). The molecule has 10 heteroatoms. The number of rotatable bonds is 8. The Kier molecular flexibility index (Phi) is 8.86. The first-order valence-electron chi connectivity index (χ1n) is 12.5. The molecule has 2 atom stereocenters. The maximum atomic E-state index is 13.4. The van der Waals surface area contributed by atoms with Crippen molar-refractivity contribution in [3.8, 4) is 16.9 Å². The Balaban J connectivity index is 1.56. The van der Waals surface area contributed by atoms with E-state index in [4.69, 9.17) is 0 Å². The molecule has 1 fully saturated rings. The van der Waals surface area contributed by atoms with Crippen LogP contribution in [0.3, 0.4) is 0 Å². The summed E-state index contributed by atoms with van der Waals surface area (Å²) in [6.07, 6.45) is -4.31. The normalized spacial score (nSPS) is 17.5. The number of nitrogens with zero attached hydrogens (tertiary/aromatic N) is 1. The summed E-state index contributed by atoms with van der Waals surface area (Å²) in [5.41, 5.74) is 2.56. The van der Waals surface area contributed by atoms with Gasteiger partial charge >= 0.3 is 6.36 Å². The van der Waals surface area contributed by atoms with Gasteiger partial charge in [-0.15, -0.1) is 13.2 Å². The molecule has 0 aliphatic carbocycles. The fourth-order valence-electron chi connectivity index (χ4n) is 4.78. The predicted molar refractivity (Wildman–Crippen MR) is 138 cm³/mol. The van der Waals surface area contributed by atoms with E-state index in [2.05, 4.69) is 15.4 Å². The van der Waals surface area contributed by atoms with Crippen LogP contribution in [0.15, 0.2) is 72.8 Å². The number of amides is 2. The number of carbonyl (C=O) groups is 2. The third kappa shape index (κ3) is 7.79. The Morgan fingerprint density at radius 3 is 2.36 bits per heavy atom. The maximum Gasteiger partial charge on any atom is 0.573 e. The van der Waals surface area contributed by atoms with E-state index in [0.717, 1.165) is 5.56 Å². The molecule has 2 unspecified atom stereocenters. The zero-order chi connectivity index (χ0) is 28.0. The molecule has 0 radical (unpaired) electrons. The number of hydrogen-bond acceptors (Lipinski definition) is 4. The zero-order valence-electron chi connectivity index (χ0n) is 21.3. The van der Waals surface area contributed by atoms with Crippen LogP contribution in [0.4, 0.5) is 17.6 Å². The number of nitrogens with one attached hydrogen (secondary N) is 2. The number of alkyl halides is 3. The molecule has 1 saturated heterocycles. The van der Waals surface area contributed by atoms with E-state index in [0.29, 0.717) is 36.2 Å². The minimum atomic E-state index is -4.86. The third-order valence-corrected chi connectivity index (χ3v) is 6.70. The fourth-order valence-corrected chi connectivity index (χ4v) is 4.78. The molecule has 0 aromatic heterocycles. The molecular formula is C29H29F4N3O3. The number of benzene rings is 3. The molecule has 0 spiro atoms. The molecule has 1 aliphatic rings. The van der Waals surface area contributed by atoms with Gasteiger partial charge in [-0.25, -0.2) is 4.39 Å². The van der Waals surface area contributed by atoms with Crippen LogP contribution in [-0.2, 0) is 16.1 Å². The molecule has 2 N–H and O–H groups in total. The van der Waals surface area contributed by atoms with Gasteiger partial charge in [0.05, 0.1) is 6.54 Å². The molecular weight excluding hydrogens is 514 g/mol. The summed E-state index contributed by atoms with van der Waals surface area (Å²) in [5, 5.41) is 5.92. The average Bonchev–Trinajstić information content (AvgIpc) is 2.91. The largest absolute Gasteiger partial charge is 0.573 e. The van der Waals surface area contributed by atoms with Gasteiger partial charge in [-0.2, -0.15) is 0 Å². The molecule has 3 aromatic rings. The summed E-state index contributed by atoms with van der Waals surface area (Å²) in [5.74, 6) is -1.35. The van der Waals surface area contributed by atoms with Crippen LogP contribution in [0.2, 0.25) is 0 Å². The molecule has 2 amide bonds. The van der Waals surface area contributed by atoms with Gasteiger partial charge in [0, 0.05) is 44.1 Å². The van der Waals surface area contributed by atoms with Crippen molar-refractivity contribution < 1.29 is 31.9 Å². The number of hydrogen-bond donors (Lipinski definition) is 2. The summed E-state index contributed by atoms with van der Waals surface area (Å²) in [7, 11) is 0. The van der Waals surface area contributed by atoms with Crippen LogP contribution >= 0.6 is 0 Å². The highest BCUT2D eigenvalue weighted by Crippen LogP contribution is 2.32. The summed E-state index contributed by atoms with van der Waals surface area (Å²) in [6.45, 7) is 2.15. The van der Waals surface area contributed by atoms with Gasteiger partial charge in [0.15, 0.2) is 0 Å². The van der Waals surface area contributed by atoms with Gasteiger partial charge in [-0.1, -0.05) is 48.5 Å². The Labute approximate surface area is 224 Å². The number of ether oxygens (including phenoxy) is 1. The van der Waals surface area contributed by atoms with Crippen LogP contribution in [0.1, 0.15) is 30.4 Å².